The molecule has 0 spiro atoms. The molecule has 9 heteroatoms. The Balaban J connectivity index is 2.95. The van der Waals surface area contributed by atoms with Gasteiger partial charge in [-0.2, -0.15) is 0 Å². The minimum atomic E-state index is -0.960. The van der Waals surface area contributed by atoms with E-state index >= 15 is 0 Å². The lowest BCUT2D eigenvalue weighted by molar-refractivity contribution is -0.384. The Bertz CT molecular complexity index is 640. The van der Waals surface area contributed by atoms with Crippen molar-refractivity contribution in [2.45, 2.75) is 19.9 Å². The summed E-state index contributed by atoms with van der Waals surface area (Å²) in [5.41, 5.74) is -0.858. The second-order valence-electron chi connectivity index (χ2n) is 4.82. The molecular weight excluding hydrogens is 308 g/mol. The Morgan fingerprint density at radius 2 is 1.74 bits per heavy atom. The molecule has 1 N–H and O–H groups in total. The van der Waals surface area contributed by atoms with Gasteiger partial charge in [-0.1, -0.05) is 0 Å². The molecule has 0 fully saturated rings. The minimum absolute atomic E-state index is 0.120. The predicted octanol–water partition coefficient (Wildman–Crippen LogP) is 1.06. The fraction of sp³-hybridized carbons (Fsp3) is 0.357. The number of non-ortho nitro benzene ring substituents is 1. The zero-order chi connectivity index (χ0) is 17.6. The molecule has 0 aliphatic carbocycles. The quantitative estimate of drug-likeness (QED) is 0.471. The third-order valence-electron chi connectivity index (χ3n) is 2.57. The summed E-state index contributed by atoms with van der Waals surface area (Å²) in [7, 11) is 1.11. The molecule has 0 aliphatic heterocycles. The van der Waals surface area contributed by atoms with Crippen molar-refractivity contribution in [1.29, 1.82) is 0 Å². The van der Waals surface area contributed by atoms with Gasteiger partial charge in [0.2, 0.25) is 0 Å². The van der Waals surface area contributed by atoms with Crippen molar-refractivity contribution < 1.29 is 28.8 Å². The minimum Gasteiger partial charge on any atom is -0.465 e. The van der Waals surface area contributed by atoms with Crippen LogP contribution in [0.15, 0.2) is 18.2 Å². The van der Waals surface area contributed by atoms with Gasteiger partial charge < -0.3 is 14.8 Å². The molecule has 1 amide bonds. The number of benzene rings is 1. The first-order chi connectivity index (χ1) is 10.7. The number of esters is 2. The summed E-state index contributed by atoms with van der Waals surface area (Å²) < 4.78 is 9.24. The standard InChI is InChI=1S/C14H16N2O7/c1-8(2)15-12(17)7-23-14(19)10-4-9(13(18)22-3)5-11(6-10)16(20)21/h4-6,8H,7H2,1-3H3,(H,15,17). The number of nitro groups is 1. The first-order valence-electron chi connectivity index (χ1n) is 6.59. The molecule has 0 atom stereocenters. The molecule has 0 heterocycles. The number of nitrogens with one attached hydrogen (secondary N) is 1. The lowest BCUT2D eigenvalue weighted by Crippen LogP contribution is -2.34. The Kier molecular flexibility index (Phi) is 6.19. The topological polar surface area (TPSA) is 125 Å². The fourth-order valence-corrected chi connectivity index (χ4v) is 1.65. The van der Waals surface area contributed by atoms with Crippen LogP contribution in [0.2, 0.25) is 0 Å². The molecule has 0 bridgehead atoms. The smallest absolute Gasteiger partial charge is 0.338 e. The SMILES string of the molecule is COC(=O)c1cc(C(=O)OCC(=O)NC(C)C)cc([N+](=O)[O-])c1. The molecular formula is C14H16N2O7. The van der Waals surface area contributed by atoms with Gasteiger partial charge in [-0.25, -0.2) is 9.59 Å². The van der Waals surface area contributed by atoms with Gasteiger partial charge in [0.15, 0.2) is 6.61 Å². The van der Waals surface area contributed by atoms with Gasteiger partial charge in [0.25, 0.3) is 11.6 Å². The van der Waals surface area contributed by atoms with Crippen LogP contribution in [-0.2, 0) is 14.3 Å². The molecule has 0 saturated heterocycles. The van der Waals surface area contributed by atoms with E-state index in [-0.39, 0.29) is 17.2 Å². The number of amides is 1. The number of carbonyl (C=O) groups is 3. The van der Waals surface area contributed by atoms with Crippen molar-refractivity contribution in [3.8, 4) is 0 Å². The lowest BCUT2D eigenvalue weighted by Gasteiger charge is -2.09. The van der Waals surface area contributed by atoms with Crippen molar-refractivity contribution >= 4 is 23.5 Å². The molecule has 1 aromatic rings. The van der Waals surface area contributed by atoms with Crippen LogP contribution in [0.25, 0.3) is 0 Å². The average Bonchev–Trinajstić information content (AvgIpc) is 2.50. The molecule has 124 valence electrons. The third kappa shape index (κ3) is 5.38. The highest BCUT2D eigenvalue weighted by atomic mass is 16.6. The fourth-order valence-electron chi connectivity index (χ4n) is 1.65. The van der Waals surface area contributed by atoms with Crippen LogP contribution < -0.4 is 5.32 Å². The van der Waals surface area contributed by atoms with Gasteiger partial charge in [-0.15, -0.1) is 0 Å². The van der Waals surface area contributed by atoms with Crippen LogP contribution in [0.5, 0.6) is 0 Å². The summed E-state index contributed by atoms with van der Waals surface area (Å²) in [5.74, 6) is -2.30. The van der Waals surface area contributed by atoms with Gasteiger partial charge in [0.1, 0.15) is 0 Å². The van der Waals surface area contributed by atoms with Crippen molar-refractivity contribution in [3.63, 3.8) is 0 Å². The van der Waals surface area contributed by atoms with Crippen molar-refractivity contribution in [2.75, 3.05) is 13.7 Å². The van der Waals surface area contributed by atoms with Crippen LogP contribution in [0.3, 0.4) is 0 Å². The van der Waals surface area contributed by atoms with E-state index in [1.165, 1.54) is 0 Å². The Morgan fingerprint density at radius 1 is 1.17 bits per heavy atom. The molecule has 0 radical (unpaired) electrons. The Hall–Kier alpha value is -2.97. The number of ether oxygens (including phenoxy) is 2. The van der Waals surface area contributed by atoms with Crippen LogP contribution in [0, 0.1) is 10.1 Å². The molecule has 1 aromatic carbocycles. The van der Waals surface area contributed by atoms with Gasteiger partial charge in [0, 0.05) is 18.2 Å². The van der Waals surface area contributed by atoms with E-state index in [9.17, 15) is 24.5 Å². The molecule has 0 aliphatic rings. The van der Waals surface area contributed by atoms with E-state index in [0.29, 0.717) is 0 Å². The van der Waals surface area contributed by atoms with E-state index in [4.69, 9.17) is 4.74 Å². The van der Waals surface area contributed by atoms with E-state index in [1.807, 2.05) is 0 Å². The Morgan fingerprint density at radius 3 is 2.22 bits per heavy atom. The number of nitro benzene ring substituents is 1. The van der Waals surface area contributed by atoms with Gasteiger partial charge in [-0.05, 0) is 19.9 Å². The normalized spacial score (nSPS) is 10.1. The maximum atomic E-state index is 11.9. The average molecular weight is 324 g/mol. The van der Waals surface area contributed by atoms with Gasteiger partial charge >= 0.3 is 11.9 Å². The van der Waals surface area contributed by atoms with Crippen molar-refractivity contribution in [2.24, 2.45) is 0 Å². The van der Waals surface area contributed by atoms with E-state index in [1.54, 1.807) is 13.8 Å². The molecule has 9 nitrogen and oxygen atoms in total. The van der Waals surface area contributed by atoms with Crippen LogP contribution in [0.1, 0.15) is 34.6 Å². The highest BCUT2D eigenvalue weighted by Crippen LogP contribution is 2.18. The molecule has 0 saturated carbocycles. The highest BCUT2D eigenvalue weighted by Gasteiger charge is 2.19. The number of carbonyl (C=O) groups excluding carboxylic acids is 3. The predicted molar refractivity (Wildman–Crippen MR) is 78.0 cm³/mol. The summed E-state index contributed by atoms with van der Waals surface area (Å²) in [6.45, 7) is 2.94. The Labute approximate surface area is 131 Å². The first kappa shape index (κ1) is 18.1. The largest absolute Gasteiger partial charge is 0.465 e. The van der Waals surface area contributed by atoms with E-state index < -0.39 is 35.1 Å². The summed E-state index contributed by atoms with van der Waals surface area (Å²) >= 11 is 0. The van der Waals surface area contributed by atoms with Crippen LogP contribution in [0.4, 0.5) is 5.69 Å². The number of hydrogen-bond acceptors (Lipinski definition) is 7. The molecule has 0 aromatic heterocycles. The van der Waals surface area contributed by atoms with E-state index in [2.05, 4.69) is 10.1 Å². The van der Waals surface area contributed by atoms with Gasteiger partial charge in [-0.3, -0.25) is 14.9 Å². The number of hydrogen-bond donors (Lipinski definition) is 1. The summed E-state index contributed by atoms with van der Waals surface area (Å²) in [6.07, 6.45) is 0. The number of nitrogens with zero attached hydrogens (tertiary/aromatic N) is 1. The molecule has 1 rings (SSSR count). The molecule has 23 heavy (non-hydrogen) atoms. The van der Waals surface area contributed by atoms with Crippen LogP contribution in [-0.4, -0.2) is 42.5 Å². The third-order valence-corrected chi connectivity index (χ3v) is 2.57. The van der Waals surface area contributed by atoms with Crippen molar-refractivity contribution in [1.82, 2.24) is 5.32 Å². The maximum Gasteiger partial charge on any atom is 0.338 e. The second-order valence-corrected chi connectivity index (χ2v) is 4.82. The zero-order valence-electron chi connectivity index (χ0n) is 12.8. The number of methoxy groups -OCH3 is 1. The highest BCUT2D eigenvalue weighted by molar-refractivity contribution is 5.97. The zero-order valence-corrected chi connectivity index (χ0v) is 12.8. The number of rotatable bonds is 6. The van der Waals surface area contributed by atoms with Crippen molar-refractivity contribution in [3.05, 3.63) is 39.4 Å². The molecule has 0 unspecified atom stereocenters. The van der Waals surface area contributed by atoms with Gasteiger partial charge in [0.05, 0.1) is 23.2 Å². The summed E-state index contributed by atoms with van der Waals surface area (Å²) in [6, 6.07) is 2.91. The second kappa shape index (κ2) is 7.87. The maximum absolute atomic E-state index is 11.9. The summed E-state index contributed by atoms with van der Waals surface area (Å²) in [4.78, 5) is 44.9. The monoisotopic (exact) mass is 324 g/mol. The first-order valence-corrected chi connectivity index (χ1v) is 6.59. The summed E-state index contributed by atoms with van der Waals surface area (Å²) in [5, 5.41) is 13.4. The van der Waals surface area contributed by atoms with E-state index in [0.717, 1.165) is 25.3 Å². The lowest BCUT2D eigenvalue weighted by atomic mass is 10.1. The van der Waals surface area contributed by atoms with Crippen LogP contribution >= 0.6 is 0 Å².